The van der Waals surface area contributed by atoms with E-state index in [0.29, 0.717) is 6.10 Å². The molecule has 2 N–H and O–H groups in total. The number of rotatable bonds is 5. The molecule has 0 heterocycles. The summed E-state index contributed by atoms with van der Waals surface area (Å²) in [4.78, 5) is 0. The molecule has 0 radical (unpaired) electrons. The molecular weight excluding hydrogens is 250 g/mol. The molecule has 1 aliphatic rings. The Morgan fingerprint density at radius 2 is 2.00 bits per heavy atom. The number of hydrogen-bond acceptors (Lipinski definition) is 3. The number of methoxy groups -OCH3 is 1. The number of ether oxygens (including phenoxy) is 2. The number of para-hydroxylation sites is 1. The smallest absolute Gasteiger partial charge is 0.124 e. The Balaban J connectivity index is 2.14. The third-order valence-corrected chi connectivity index (χ3v) is 4.15. The van der Waals surface area contributed by atoms with Gasteiger partial charge in [0.15, 0.2) is 0 Å². The summed E-state index contributed by atoms with van der Waals surface area (Å²) in [7, 11) is 1.69. The average molecular weight is 277 g/mol. The topological polar surface area (TPSA) is 44.5 Å². The van der Waals surface area contributed by atoms with E-state index in [1.807, 2.05) is 25.1 Å². The van der Waals surface area contributed by atoms with Crippen molar-refractivity contribution in [1.29, 1.82) is 0 Å². The van der Waals surface area contributed by atoms with Gasteiger partial charge in [-0.15, -0.1) is 0 Å². The first-order valence-electron chi connectivity index (χ1n) is 7.65. The van der Waals surface area contributed by atoms with E-state index >= 15 is 0 Å². The highest BCUT2D eigenvalue weighted by Gasteiger charge is 2.27. The second-order valence-electron chi connectivity index (χ2n) is 6.05. The number of benzene rings is 1. The van der Waals surface area contributed by atoms with Gasteiger partial charge in [0.25, 0.3) is 0 Å². The van der Waals surface area contributed by atoms with Crippen molar-refractivity contribution in [2.75, 3.05) is 7.11 Å². The summed E-state index contributed by atoms with van der Waals surface area (Å²) in [6.07, 6.45) is 5.07. The lowest BCUT2D eigenvalue weighted by molar-refractivity contribution is -0.0497. The van der Waals surface area contributed by atoms with Gasteiger partial charge in [-0.1, -0.05) is 38.0 Å². The zero-order valence-corrected chi connectivity index (χ0v) is 12.8. The van der Waals surface area contributed by atoms with Gasteiger partial charge in [-0.05, 0) is 31.7 Å². The SMILES string of the molecule is COc1ccccc1C(OC1CCCC(C)C1)C(C)N. The molecule has 4 atom stereocenters. The number of hydrogen-bond donors (Lipinski definition) is 1. The molecule has 0 aliphatic heterocycles. The fourth-order valence-corrected chi connectivity index (χ4v) is 3.09. The Morgan fingerprint density at radius 1 is 1.25 bits per heavy atom. The lowest BCUT2D eigenvalue weighted by Crippen LogP contribution is -2.32. The molecule has 1 aromatic rings. The molecule has 20 heavy (non-hydrogen) atoms. The first kappa shape index (κ1) is 15.3. The highest BCUT2D eigenvalue weighted by molar-refractivity contribution is 5.35. The van der Waals surface area contributed by atoms with Gasteiger partial charge < -0.3 is 15.2 Å². The van der Waals surface area contributed by atoms with Gasteiger partial charge in [-0.3, -0.25) is 0 Å². The summed E-state index contributed by atoms with van der Waals surface area (Å²) in [6.45, 7) is 4.31. The third-order valence-electron chi connectivity index (χ3n) is 4.15. The maximum absolute atomic E-state index is 6.35. The summed E-state index contributed by atoms with van der Waals surface area (Å²) in [6, 6.07) is 7.96. The van der Waals surface area contributed by atoms with Crippen LogP contribution in [0.15, 0.2) is 24.3 Å². The van der Waals surface area contributed by atoms with E-state index in [9.17, 15) is 0 Å². The fourth-order valence-electron chi connectivity index (χ4n) is 3.09. The van der Waals surface area contributed by atoms with Gasteiger partial charge in [0.1, 0.15) is 11.9 Å². The molecule has 0 aromatic heterocycles. The molecule has 4 unspecified atom stereocenters. The van der Waals surface area contributed by atoms with Gasteiger partial charge >= 0.3 is 0 Å². The van der Waals surface area contributed by atoms with Crippen LogP contribution in [0.3, 0.4) is 0 Å². The first-order valence-corrected chi connectivity index (χ1v) is 7.65. The molecule has 0 spiro atoms. The molecule has 0 amide bonds. The van der Waals surface area contributed by atoms with Gasteiger partial charge in [-0.2, -0.15) is 0 Å². The fraction of sp³-hybridized carbons (Fsp3) is 0.647. The largest absolute Gasteiger partial charge is 0.496 e. The Morgan fingerprint density at radius 3 is 2.65 bits per heavy atom. The van der Waals surface area contributed by atoms with Crippen LogP contribution in [0.25, 0.3) is 0 Å². The Hall–Kier alpha value is -1.06. The van der Waals surface area contributed by atoms with Crippen LogP contribution in [-0.2, 0) is 4.74 Å². The Kier molecular flexibility index (Phi) is 5.44. The van der Waals surface area contributed by atoms with Crippen LogP contribution in [0.5, 0.6) is 5.75 Å². The molecule has 1 saturated carbocycles. The third kappa shape index (κ3) is 3.74. The van der Waals surface area contributed by atoms with Crippen molar-refractivity contribution in [3.8, 4) is 5.75 Å². The van der Waals surface area contributed by atoms with E-state index in [1.54, 1.807) is 7.11 Å². The normalized spacial score (nSPS) is 26.0. The van der Waals surface area contributed by atoms with Crippen LogP contribution in [0.1, 0.15) is 51.2 Å². The zero-order chi connectivity index (χ0) is 14.5. The summed E-state index contributed by atoms with van der Waals surface area (Å²) in [5.41, 5.74) is 7.22. The van der Waals surface area contributed by atoms with Crippen LogP contribution in [0.4, 0.5) is 0 Å². The molecule has 3 nitrogen and oxygen atoms in total. The quantitative estimate of drug-likeness (QED) is 0.893. The molecule has 1 fully saturated rings. The summed E-state index contributed by atoms with van der Waals surface area (Å²) in [5, 5.41) is 0. The minimum Gasteiger partial charge on any atom is -0.496 e. The van der Waals surface area contributed by atoms with Gasteiger partial charge in [0.05, 0.1) is 13.2 Å². The lowest BCUT2D eigenvalue weighted by Gasteiger charge is -2.32. The van der Waals surface area contributed by atoms with Crippen molar-refractivity contribution in [3.05, 3.63) is 29.8 Å². The van der Waals surface area contributed by atoms with E-state index in [2.05, 4.69) is 13.0 Å². The molecule has 112 valence electrons. The highest BCUT2D eigenvalue weighted by atomic mass is 16.5. The van der Waals surface area contributed by atoms with E-state index in [4.69, 9.17) is 15.2 Å². The molecule has 3 heteroatoms. The Bertz CT molecular complexity index is 419. The second-order valence-corrected chi connectivity index (χ2v) is 6.05. The van der Waals surface area contributed by atoms with Gasteiger partial charge in [-0.25, -0.2) is 0 Å². The maximum atomic E-state index is 6.35. The predicted octanol–water partition coefficient (Wildman–Crippen LogP) is 3.68. The monoisotopic (exact) mass is 277 g/mol. The van der Waals surface area contributed by atoms with Crippen LogP contribution in [0, 0.1) is 5.92 Å². The summed E-state index contributed by atoms with van der Waals surface area (Å²) in [5.74, 6) is 1.61. The lowest BCUT2D eigenvalue weighted by atomic mass is 9.88. The number of nitrogens with two attached hydrogens (primary N) is 1. The van der Waals surface area contributed by atoms with Gasteiger partial charge in [0, 0.05) is 11.6 Å². The standard InChI is InChI=1S/C17H27NO2/c1-12-7-6-8-14(11-12)20-17(13(2)18)15-9-4-5-10-16(15)19-3/h4-5,9-10,12-14,17H,6-8,11,18H2,1-3H3. The molecule has 1 aromatic carbocycles. The van der Waals surface area contributed by atoms with Crippen molar-refractivity contribution in [2.45, 2.75) is 57.8 Å². The van der Waals surface area contributed by atoms with E-state index in [-0.39, 0.29) is 12.1 Å². The first-order chi connectivity index (χ1) is 9.61. The van der Waals surface area contributed by atoms with E-state index in [1.165, 1.54) is 12.8 Å². The van der Waals surface area contributed by atoms with Crippen molar-refractivity contribution >= 4 is 0 Å². The second kappa shape index (κ2) is 7.09. The maximum Gasteiger partial charge on any atom is 0.124 e. The van der Waals surface area contributed by atoms with Gasteiger partial charge in [0.2, 0.25) is 0 Å². The van der Waals surface area contributed by atoms with E-state index in [0.717, 1.165) is 30.1 Å². The van der Waals surface area contributed by atoms with Crippen LogP contribution in [0.2, 0.25) is 0 Å². The van der Waals surface area contributed by atoms with Crippen LogP contribution >= 0.6 is 0 Å². The van der Waals surface area contributed by atoms with Crippen molar-refractivity contribution in [3.63, 3.8) is 0 Å². The van der Waals surface area contributed by atoms with Crippen molar-refractivity contribution < 1.29 is 9.47 Å². The summed E-state index contributed by atoms with van der Waals surface area (Å²) < 4.78 is 11.8. The van der Waals surface area contributed by atoms with Crippen LogP contribution in [-0.4, -0.2) is 19.3 Å². The average Bonchev–Trinajstić information content (AvgIpc) is 2.44. The van der Waals surface area contributed by atoms with E-state index < -0.39 is 0 Å². The predicted molar refractivity (Wildman–Crippen MR) is 81.9 cm³/mol. The minimum absolute atomic E-state index is 0.0523. The molecular formula is C17H27NO2. The van der Waals surface area contributed by atoms with Crippen molar-refractivity contribution in [1.82, 2.24) is 0 Å². The molecule has 1 aliphatic carbocycles. The molecule has 0 bridgehead atoms. The highest BCUT2D eigenvalue weighted by Crippen LogP contribution is 2.34. The Labute approximate surface area is 122 Å². The molecule has 0 saturated heterocycles. The molecule has 2 rings (SSSR count). The zero-order valence-electron chi connectivity index (χ0n) is 12.8. The summed E-state index contributed by atoms with van der Waals surface area (Å²) >= 11 is 0. The van der Waals surface area contributed by atoms with Crippen molar-refractivity contribution in [2.24, 2.45) is 11.7 Å². The van der Waals surface area contributed by atoms with Crippen LogP contribution < -0.4 is 10.5 Å². The minimum atomic E-state index is -0.0959.